The highest BCUT2D eigenvalue weighted by Gasteiger charge is 2.23. The van der Waals surface area contributed by atoms with Gasteiger partial charge in [0.15, 0.2) is 17.3 Å². The van der Waals surface area contributed by atoms with Gasteiger partial charge in [-0.25, -0.2) is 4.39 Å². The third-order valence-corrected chi connectivity index (χ3v) is 4.63. The predicted molar refractivity (Wildman–Crippen MR) is 102 cm³/mol. The molecule has 3 aromatic rings. The fourth-order valence-electron chi connectivity index (χ4n) is 2.69. The number of furan rings is 1. The summed E-state index contributed by atoms with van der Waals surface area (Å²) in [5, 5.41) is 0.959. The van der Waals surface area contributed by atoms with E-state index in [1.54, 1.807) is 37.0 Å². The Hall–Kier alpha value is -2.47. The lowest BCUT2D eigenvalue weighted by atomic mass is 10.1. The summed E-state index contributed by atoms with van der Waals surface area (Å²) in [6, 6.07) is 13.8. The van der Waals surface area contributed by atoms with Gasteiger partial charge in [-0.2, -0.15) is 11.8 Å². The third kappa shape index (κ3) is 3.85. The summed E-state index contributed by atoms with van der Waals surface area (Å²) in [7, 11) is 1.68. The number of hydrogen-bond donors (Lipinski definition) is 0. The Morgan fingerprint density at radius 2 is 1.92 bits per heavy atom. The minimum Gasteiger partial charge on any atom is -0.489 e. The summed E-state index contributed by atoms with van der Waals surface area (Å²) in [6.45, 7) is 0.518. The molecule has 0 atom stereocenters. The second-order valence-electron chi connectivity index (χ2n) is 5.84. The van der Waals surface area contributed by atoms with E-state index in [0.717, 1.165) is 10.9 Å². The molecular weight excluding hydrogens is 353 g/mol. The minimum atomic E-state index is -0.416. The van der Waals surface area contributed by atoms with E-state index in [9.17, 15) is 9.18 Å². The molecule has 0 aliphatic carbocycles. The van der Waals surface area contributed by atoms with E-state index in [1.165, 1.54) is 11.0 Å². The summed E-state index contributed by atoms with van der Waals surface area (Å²) < 4.78 is 24.8. The van der Waals surface area contributed by atoms with Gasteiger partial charge in [0, 0.05) is 23.8 Å². The summed E-state index contributed by atoms with van der Waals surface area (Å²) in [6.07, 6.45) is 1.99. The number of benzene rings is 2. The van der Waals surface area contributed by atoms with Gasteiger partial charge in [0.2, 0.25) is 0 Å². The van der Waals surface area contributed by atoms with Crippen LogP contribution in [0.2, 0.25) is 0 Å². The zero-order valence-corrected chi connectivity index (χ0v) is 15.5. The molecule has 26 heavy (non-hydrogen) atoms. The highest BCUT2D eigenvalue weighted by molar-refractivity contribution is 7.97. The van der Waals surface area contributed by atoms with Crippen LogP contribution >= 0.6 is 11.8 Å². The quantitative estimate of drug-likeness (QED) is 0.608. The lowest BCUT2D eigenvalue weighted by molar-refractivity contribution is 0.0743. The van der Waals surface area contributed by atoms with E-state index < -0.39 is 5.82 Å². The van der Waals surface area contributed by atoms with Crippen LogP contribution < -0.4 is 4.74 Å². The number of amides is 1. The van der Waals surface area contributed by atoms with Crippen molar-refractivity contribution in [3.8, 4) is 5.75 Å². The fourth-order valence-corrected chi connectivity index (χ4v) is 3.26. The van der Waals surface area contributed by atoms with Crippen LogP contribution in [0.4, 0.5) is 4.39 Å². The SMILES string of the molecule is CSCc1c(C(=O)N(C)CCOc2ccccc2F)oc2ccccc12. The maximum Gasteiger partial charge on any atom is 0.289 e. The summed E-state index contributed by atoms with van der Waals surface area (Å²) in [5.74, 6) is 0.606. The zero-order valence-electron chi connectivity index (χ0n) is 14.7. The van der Waals surface area contributed by atoms with E-state index in [2.05, 4.69) is 0 Å². The first kappa shape index (κ1) is 18.3. The predicted octanol–water partition coefficient (Wildman–Crippen LogP) is 4.59. The van der Waals surface area contributed by atoms with Gasteiger partial charge in [0.05, 0.1) is 6.54 Å². The average molecular weight is 373 g/mol. The minimum absolute atomic E-state index is 0.181. The molecular formula is C20H20FNO3S. The topological polar surface area (TPSA) is 42.7 Å². The van der Waals surface area contributed by atoms with Gasteiger partial charge in [-0.15, -0.1) is 0 Å². The molecule has 0 saturated carbocycles. The standard InChI is InChI=1S/C20H20FNO3S/c1-22(11-12-24-18-10-6-4-8-16(18)21)20(23)19-15(13-26-2)14-7-3-5-9-17(14)25-19/h3-10H,11-13H2,1-2H3. The zero-order chi connectivity index (χ0) is 18.5. The molecule has 0 fully saturated rings. The molecule has 3 rings (SSSR count). The van der Waals surface area contributed by atoms with Crippen LogP contribution in [0.1, 0.15) is 16.1 Å². The second kappa shape index (κ2) is 8.27. The molecule has 1 heterocycles. The van der Waals surface area contributed by atoms with E-state index in [4.69, 9.17) is 9.15 Å². The van der Waals surface area contributed by atoms with Crippen molar-refractivity contribution in [3.63, 3.8) is 0 Å². The van der Waals surface area contributed by atoms with Crippen LogP contribution in [0.3, 0.4) is 0 Å². The van der Waals surface area contributed by atoms with Crippen LogP contribution in [0.5, 0.6) is 5.75 Å². The maximum atomic E-state index is 13.6. The van der Waals surface area contributed by atoms with E-state index in [-0.39, 0.29) is 18.3 Å². The Morgan fingerprint density at radius 1 is 1.19 bits per heavy atom. The number of halogens is 1. The number of ether oxygens (including phenoxy) is 1. The average Bonchev–Trinajstić information content (AvgIpc) is 3.01. The van der Waals surface area contributed by atoms with Crippen LogP contribution in [0.25, 0.3) is 11.0 Å². The van der Waals surface area contributed by atoms with E-state index >= 15 is 0 Å². The molecule has 0 radical (unpaired) electrons. The van der Waals surface area contributed by atoms with Crippen LogP contribution in [-0.2, 0) is 5.75 Å². The van der Waals surface area contributed by atoms with Gasteiger partial charge in [-0.05, 0) is 24.5 Å². The smallest absolute Gasteiger partial charge is 0.289 e. The summed E-state index contributed by atoms with van der Waals surface area (Å²) >= 11 is 1.64. The number of para-hydroxylation sites is 2. The Kier molecular flexibility index (Phi) is 5.83. The fraction of sp³-hybridized carbons (Fsp3) is 0.250. The van der Waals surface area contributed by atoms with Crippen LogP contribution in [0, 0.1) is 5.82 Å². The molecule has 1 aromatic heterocycles. The van der Waals surface area contributed by atoms with Crippen LogP contribution in [-0.4, -0.2) is 37.3 Å². The molecule has 0 N–H and O–H groups in total. The summed E-state index contributed by atoms with van der Waals surface area (Å²) in [4.78, 5) is 14.3. The van der Waals surface area contributed by atoms with Gasteiger partial charge in [0.25, 0.3) is 5.91 Å². The molecule has 2 aromatic carbocycles. The Balaban J connectivity index is 1.71. The molecule has 6 heteroatoms. The first-order valence-electron chi connectivity index (χ1n) is 8.24. The first-order chi connectivity index (χ1) is 12.6. The first-order valence-corrected chi connectivity index (χ1v) is 9.63. The monoisotopic (exact) mass is 373 g/mol. The molecule has 1 amide bonds. The van der Waals surface area contributed by atoms with Gasteiger partial charge >= 0.3 is 0 Å². The molecule has 0 saturated heterocycles. The molecule has 0 aliphatic rings. The summed E-state index contributed by atoms with van der Waals surface area (Å²) in [5.41, 5.74) is 1.61. The number of likely N-dealkylation sites (N-methyl/N-ethyl adjacent to an activating group) is 1. The maximum absolute atomic E-state index is 13.6. The number of carbonyl (C=O) groups is 1. The molecule has 4 nitrogen and oxygen atoms in total. The highest BCUT2D eigenvalue weighted by Crippen LogP contribution is 2.29. The van der Waals surface area contributed by atoms with Gasteiger partial charge < -0.3 is 14.1 Å². The van der Waals surface area contributed by atoms with Crippen molar-refractivity contribution in [3.05, 3.63) is 65.7 Å². The number of fused-ring (bicyclic) bond motifs is 1. The molecule has 136 valence electrons. The van der Waals surface area contributed by atoms with E-state index in [0.29, 0.717) is 23.6 Å². The van der Waals surface area contributed by atoms with Crippen molar-refractivity contribution < 1.29 is 18.3 Å². The number of thioether (sulfide) groups is 1. The van der Waals surface area contributed by atoms with E-state index in [1.807, 2.05) is 30.5 Å². The van der Waals surface area contributed by atoms with Gasteiger partial charge in [0.1, 0.15) is 12.2 Å². The largest absolute Gasteiger partial charge is 0.489 e. The highest BCUT2D eigenvalue weighted by atomic mass is 32.2. The van der Waals surface area contributed by atoms with Crippen molar-refractivity contribution >= 4 is 28.6 Å². The van der Waals surface area contributed by atoms with Crippen molar-refractivity contribution in [2.24, 2.45) is 0 Å². The number of rotatable bonds is 7. The Bertz CT molecular complexity index is 909. The second-order valence-corrected chi connectivity index (χ2v) is 6.71. The Labute approximate surface area is 155 Å². The van der Waals surface area contributed by atoms with Crippen molar-refractivity contribution in [2.75, 3.05) is 26.5 Å². The molecule has 0 aliphatic heterocycles. The third-order valence-electron chi connectivity index (χ3n) is 4.05. The van der Waals surface area contributed by atoms with Gasteiger partial charge in [-0.3, -0.25) is 4.79 Å². The number of nitrogens with zero attached hydrogens (tertiary/aromatic N) is 1. The van der Waals surface area contributed by atoms with Crippen LogP contribution in [0.15, 0.2) is 52.9 Å². The lowest BCUT2D eigenvalue weighted by Crippen LogP contribution is -2.31. The van der Waals surface area contributed by atoms with Crippen molar-refractivity contribution in [2.45, 2.75) is 5.75 Å². The molecule has 0 spiro atoms. The number of carbonyl (C=O) groups excluding carboxylic acids is 1. The number of hydrogen-bond acceptors (Lipinski definition) is 4. The molecule has 0 unspecified atom stereocenters. The normalized spacial score (nSPS) is 10.9. The molecule has 0 bridgehead atoms. The van der Waals surface area contributed by atoms with Crippen molar-refractivity contribution in [1.29, 1.82) is 0 Å². The van der Waals surface area contributed by atoms with Crippen molar-refractivity contribution in [1.82, 2.24) is 4.90 Å². The Morgan fingerprint density at radius 3 is 2.69 bits per heavy atom. The lowest BCUT2D eigenvalue weighted by Gasteiger charge is -2.17. The van der Waals surface area contributed by atoms with Gasteiger partial charge in [-0.1, -0.05) is 30.3 Å².